The lowest BCUT2D eigenvalue weighted by Gasteiger charge is -2.45. The van der Waals surface area contributed by atoms with Crippen molar-refractivity contribution in [3.8, 4) is 23.0 Å². The smallest absolute Gasteiger partial charge is 0.252 e. The van der Waals surface area contributed by atoms with Crippen molar-refractivity contribution in [3.05, 3.63) is 103 Å². The average Bonchev–Trinajstić information content (AvgIpc) is 3.14. The maximum atomic E-state index is 5.84. The van der Waals surface area contributed by atoms with Gasteiger partial charge in [-0.25, -0.2) is 0 Å². The quantitative estimate of drug-likeness (QED) is 0.169. The summed E-state index contributed by atoms with van der Waals surface area (Å²) in [6, 6.07) is 34.8. The molecule has 3 aliphatic rings. The standard InChI is InChI=1S/C40H39BN2O4/c1-44-30-14-10-28(11-15-30)42-36-20-18-32(46-3)24-34(36)41-35-25-33(47-4)19-21-37(35)43(29-12-16-31(45-2)17-13-29)39-23-27(22-38(42)40(39)41)26-8-6-5-7-9-26/h10-26H,5-9H2,1-4H3. The van der Waals surface area contributed by atoms with Gasteiger partial charge in [0.1, 0.15) is 23.0 Å². The van der Waals surface area contributed by atoms with Crippen molar-refractivity contribution in [1.82, 2.24) is 0 Å². The van der Waals surface area contributed by atoms with Gasteiger partial charge in [-0.15, -0.1) is 0 Å². The summed E-state index contributed by atoms with van der Waals surface area (Å²) in [4.78, 5) is 4.88. The highest BCUT2D eigenvalue weighted by molar-refractivity contribution is 7.00. The van der Waals surface area contributed by atoms with E-state index in [1.54, 1.807) is 28.4 Å². The van der Waals surface area contributed by atoms with Crippen molar-refractivity contribution < 1.29 is 18.9 Å². The molecule has 1 aliphatic carbocycles. The second kappa shape index (κ2) is 12.0. The van der Waals surface area contributed by atoms with Crippen LogP contribution in [0.15, 0.2) is 97.1 Å². The normalized spacial score (nSPS) is 15.0. The Balaban J connectivity index is 1.46. The maximum absolute atomic E-state index is 5.84. The summed E-state index contributed by atoms with van der Waals surface area (Å²) >= 11 is 0. The van der Waals surface area contributed by atoms with Crippen LogP contribution in [0, 0.1) is 0 Å². The number of fused-ring (bicyclic) bond motifs is 4. The van der Waals surface area contributed by atoms with Gasteiger partial charge >= 0.3 is 0 Å². The predicted molar refractivity (Wildman–Crippen MR) is 192 cm³/mol. The first-order chi connectivity index (χ1) is 23.1. The summed E-state index contributed by atoms with van der Waals surface area (Å²) in [5, 5.41) is 0. The van der Waals surface area contributed by atoms with Gasteiger partial charge in [0.15, 0.2) is 0 Å². The van der Waals surface area contributed by atoms with Gasteiger partial charge in [-0.1, -0.05) is 19.3 Å². The van der Waals surface area contributed by atoms with Gasteiger partial charge in [-0.2, -0.15) is 0 Å². The number of methoxy groups -OCH3 is 4. The van der Waals surface area contributed by atoms with E-state index in [1.807, 2.05) is 24.3 Å². The summed E-state index contributed by atoms with van der Waals surface area (Å²) in [6.45, 7) is -0.0281. The Morgan fingerprint density at radius 2 is 0.915 bits per heavy atom. The minimum atomic E-state index is -0.0281. The predicted octanol–water partition coefficient (Wildman–Crippen LogP) is 7.85. The molecule has 1 fully saturated rings. The minimum absolute atomic E-state index is 0.0281. The molecule has 8 rings (SSSR count). The van der Waals surface area contributed by atoms with Crippen molar-refractivity contribution in [2.24, 2.45) is 0 Å². The van der Waals surface area contributed by atoms with Gasteiger partial charge in [0.25, 0.3) is 6.71 Å². The SMILES string of the molecule is COc1ccc(N2c3ccc(OC)cc3B3c4cc(OC)ccc4N(c4ccc(OC)cc4)c4cc(C5CCCCC5)cc2c43)cc1. The average molecular weight is 623 g/mol. The maximum Gasteiger partial charge on any atom is 0.252 e. The summed E-state index contributed by atoms with van der Waals surface area (Å²) in [7, 11) is 6.91. The van der Waals surface area contributed by atoms with Gasteiger partial charge in [0.2, 0.25) is 0 Å². The number of anilines is 6. The summed E-state index contributed by atoms with van der Waals surface area (Å²) in [5.74, 6) is 3.87. The molecular formula is C40H39BN2O4. The van der Waals surface area contributed by atoms with E-state index in [9.17, 15) is 0 Å². The largest absolute Gasteiger partial charge is 0.497 e. The molecule has 47 heavy (non-hydrogen) atoms. The fourth-order valence-electron chi connectivity index (χ4n) is 7.93. The first-order valence-electron chi connectivity index (χ1n) is 16.5. The first kappa shape index (κ1) is 29.4. The van der Waals surface area contributed by atoms with Crippen LogP contribution in [-0.2, 0) is 0 Å². The number of hydrogen-bond acceptors (Lipinski definition) is 6. The van der Waals surface area contributed by atoms with Crippen molar-refractivity contribution >= 4 is 57.2 Å². The van der Waals surface area contributed by atoms with Crippen LogP contribution in [-0.4, -0.2) is 35.2 Å². The highest BCUT2D eigenvalue weighted by atomic mass is 16.5. The first-order valence-corrected chi connectivity index (χ1v) is 16.5. The molecule has 0 N–H and O–H groups in total. The number of ether oxygens (including phenoxy) is 4. The van der Waals surface area contributed by atoms with E-state index in [1.165, 1.54) is 65.4 Å². The Hall–Kier alpha value is -5.04. The van der Waals surface area contributed by atoms with Crippen molar-refractivity contribution in [2.45, 2.75) is 38.0 Å². The van der Waals surface area contributed by atoms with Crippen LogP contribution in [0.1, 0.15) is 43.6 Å². The van der Waals surface area contributed by atoms with E-state index in [4.69, 9.17) is 18.9 Å². The molecule has 0 bridgehead atoms. The summed E-state index contributed by atoms with van der Waals surface area (Å²) in [6.07, 6.45) is 6.30. The van der Waals surface area contributed by atoms with E-state index >= 15 is 0 Å². The number of hydrogen-bond donors (Lipinski definition) is 0. The second-order valence-corrected chi connectivity index (χ2v) is 12.7. The van der Waals surface area contributed by atoms with E-state index < -0.39 is 0 Å². The van der Waals surface area contributed by atoms with Gasteiger partial charge in [0.05, 0.1) is 28.4 Å². The van der Waals surface area contributed by atoms with Gasteiger partial charge < -0.3 is 28.7 Å². The Bertz CT molecular complexity index is 1810. The highest BCUT2D eigenvalue weighted by Gasteiger charge is 2.44. The third-order valence-electron chi connectivity index (χ3n) is 10.2. The van der Waals surface area contributed by atoms with E-state index in [2.05, 4.69) is 82.6 Å². The molecule has 6 nitrogen and oxygen atoms in total. The van der Waals surface area contributed by atoms with Crippen molar-refractivity contribution in [3.63, 3.8) is 0 Å². The number of benzene rings is 5. The Morgan fingerprint density at radius 1 is 0.489 bits per heavy atom. The molecule has 1 saturated carbocycles. The molecule has 0 spiro atoms. The van der Waals surface area contributed by atoms with Crippen LogP contribution in [0.5, 0.6) is 23.0 Å². The molecule has 236 valence electrons. The fraction of sp³-hybridized carbons (Fsp3) is 0.250. The molecule has 0 amide bonds. The zero-order valence-electron chi connectivity index (χ0n) is 27.5. The molecule has 0 atom stereocenters. The van der Waals surface area contributed by atoms with Crippen LogP contribution < -0.4 is 45.1 Å². The van der Waals surface area contributed by atoms with Crippen LogP contribution in [0.25, 0.3) is 0 Å². The van der Waals surface area contributed by atoms with Gasteiger partial charge in [0, 0.05) is 34.1 Å². The molecular weight excluding hydrogens is 583 g/mol. The third kappa shape index (κ3) is 4.87. The van der Waals surface area contributed by atoms with E-state index in [0.717, 1.165) is 45.7 Å². The second-order valence-electron chi connectivity index (χ2n) is 12.7. The lowest BCUT2D eigenvalue weighted by Crippen LogP contribution is -2.61. The third-order valence-corrected chi connectivity index (χ3v) is 10.2. The Labute approximate surface area is 277 Å². The van der Waals surface area contributed by atoms with Gasteiger partial charge in [-0.05, 0) is 138 Å². The van der Waals surface area contributed by atoms with Crippen LogP contribution in [0.4, 0.5) is 34.1 Å². The molecule has 5 aromatic rings. The van der Waals surface area contributed by atoms with E-state index in [-0.39, 0.29) is 6.71 Å². The molecule has 0 aromatic heterocycles. The summed E-state index contributed by atoms with van der Waals surface area (Å²) in [5.41, 5.74) is 12.0. The molecule has 2 heterocycles. The number of nitrogens with zero attached hydrogens (tertiary/aromatic N) is 2. The summed E-state index contributed by atoms with van der Waals surface area (Å²) < 4.78 is 22.8. The minimum Gasteiger partial charge on any atom is -0.497 e. The van der Waals surface area contributed by atoms with Crippen LogP contribution in [0.3, 0.4) is 0 Å². The molecule has 0 saturated heterocycles. The molecule has 0 unspecified atom stereocenters. The molecule has 2 aliphatic heterocycles. The zero-order valence-corrected chi connectivity index (χ0v) is 27.5. The topological polar surface area (TPSA) is 43.4 Å². The van der Waals surface area contributed by atoms with Crippen molar-refractivity contribution in [1.29, 1.82) is 0 Å². The van der Waals surface area contributed by atoms with E-state index in [0.29, 0.717) is 5.92 Å². The molecule has 7 heteroatoms. The molecule has 0 radical (unpaired) electrons. The lowest BCUT2D eigenvalue weighted by atomic mass is 9.33. The van der Waals surface area contributed by atoms with Crippen LogP contribution >= 0.6 is 0 Å². The van der Waals surface area contributed by atoms with Gasteiger partial charge in [-0.3, -0.25) is 0 Å². The monoisotopic (exact) mass is 622 g/mol. The molecule has 5 aromatic carbocycles. The Kier molecular flexibility index (Phi) is 7.47. The fourth-order valence-corrected chi connectivity index (χ4v) is 7.93. The lowest BCUT2D eigenvalue weighted by molar-refractivity contribution is 0.414. The van der Waals surface area contributed by atoms with Crippen molar-refractivity contribution in [2.75, 3.05) is 38.2 Å². The zero-order chi connectivity index (χ0) is 32.1. The number of rotatable bonds is 7. The highest BCUT2D eigenvalue weighted by Crippen LogP contribution is 2.47. The Morgan fingerprint density at radius 3 is 1.34 bits per heavy atom. The van der Waals surface area contributed by atoms with Crippen LogP contribution in [0.2, 0.25) is 0 Å².